The molecule has 6 nitrogen and oxygen atoms in total. The van der Waals surface area contributed by atoms with E-state index in [1.54, 1.807) is 45.0 Å². The first-order chi connectivity index (χ1) is 10.1. The average Bonchev–Trinajstić information content (AvgIpc) is 2.36. The molecule has 1 rings (SSSR count). The van der Waals surface area contributed by atoms with Crippen LogP contribution in [-0.4, -0.2) is 35.4 Å². The van der Waals surface area contributed by atoms with Crippen LogP contribution in [0.3, 0.4) is 0 Å². The fourth-order valence-corrected chi connectivity index (χ4v) is 1.89. The number of carbonyl (C=O) groups excluding carboxylic acids is 1. The minimum Gasteiger partial charge on any atom is -0.497 e. The number of carboxylic acid groups (broad SMARTS) is 1. The Labute approximate surface area is 130 Å². The van der Waals surface area contributed by atoms with Crippen LogP contribution in [0.4, 0.5) is 4.79 Å². The lowest BCUT2D eigenvalue weighted by atomic mass is 9.93. The van der Waals surface area contributed by atoms with E-state index in [-0.39, 0.29) is 6.42 Å². The average molecular weight is 309 g/mol. The van der Waals surface area contributed by atoms with Crippen LogP contribution in [0, 0.1) is 0 Å². The van der Waals surface area contributed by atoms with Gasteiger partial charge in [-0.05, 0) is 45.4 Å². The highest BCUT2D eigenvalue weighted by atomic mass is 16.6. The normalized spacial score (nSPS) is 13.9. The Balaban J connectivity index is 2.91. The first-order valence-corrected chi connectivity index (χ1v) is 6.93. The monoisotopic (exact) mass is 309 g/mol. The molecule has 0 spiro atoms. The summed E-state index contributed by atoms with van der Waals surface area (Å²) in [6.45, 7) is 6.59. The molecule has 0 aliphatic rings. The van der Waals surface area contributed by atoms with E-state index in [0.29, 0.717) is 5.75 Å². The minimum atomic E-state index is -1.48. The Morgan fingerprint density at radius 2 is 1.86 bits per heavy atom. The second-order valence-electron chi connectivity index (χ2n) is 6.29. The number of hydrogen-bond acceptors (Lipinski definition) is 4. The highest BCUT2D eigenvalue weighted by Gasteiger charge is 2.36. The van der Waals surface area contributed by atoms with Crippen LogP contribution >= 0.6 is 0 Å². The molecule has 122 valence electrons. The number of amides is 1. The Morgan fingerprint density at radius 3 is 2.36 bits per heavy atom. The number of benzene rings is 1. The molecule has 22 heavy (non-hydrogen) atoms. The van der Waals surface area contributed by atoms with Gasteiger partial charge in [0.2, 0.25) is 0 Å². The van der Waals surface area contributed by atoms with Crippen molar-refractivity contribution < 1.29 is 24.2 Å². The van der Waals surface area contributed by atoms with Crippen molar-refractivity contribution in [2.24, 2.45) is 0 Å². The maximum atomic E-state index is 11.9. The standard InChI is InChI=1S/C16H23NO5/c1-15(2,3)22-14(20)17-16(4,13(18)19)10-11-7-6-8-12(9-11)21-5/h6-9H,10H2,1-5H3,(H,17,20)(H,18,19)/t16-/m0/s1. The summed E-state index contributed by atoms with van der Waals surface area (Å²) in [7, 11) is 1.54. The molecule has 0 bridgehead atoms. The quantitative estimate of drug-likeness (QED) is 0.873. The molecule has 0 aliphatic heterocycles. The van der Waals surface area contributed by atoms with Crippen molar-refractivity contribution in [2.45, 2.75) is 45.3 Å². The molecule has 6 heteroatoms. The number of carbonyl (C=O) groups is 2. The molecular weight excluding hydrogens is 286 g/mol. The summed E-state index contributed by atoms with van der Waals surface area (Å²) in [5, 5.41) is 11.9. The Morgan fingerprint density at radius 1 is 1.23 bits per heavy atom. The summed E-state index contributed by atoms with van der Waals surface area (Å²) >= 11 is 0. The molecule has 1 atom stereocenters. The third-order valence-corrected chi connectivity index (χ3v) is 2.94. The van der Waals surface area contributed by atoms with E-state index < -0.39 is 23.2 Å². The Bertz CT molecular complexity index is 550. The van der Waals surface area contributed by atoms with Gasteiger partial charge in [-0.3, -0.25) is 0 Å². The van der Waals surface area contributed by atoms with Crippen molar-refractivity contribution in [3.05, 3.63) is 29.8 Å². The number of rotatable bonds is 5. The fourth-order valence-electron chi connectivity index (χ4n) is 1.89. The number of ether oxygens (including phenoxy) is 2. The van der Waals surface area contributed by atoms with Gasteiger partial charge in [0, 0.05) is 6.42 Å². The van der Waals surface area contributed by atoms with Gasteiger partial charge in [-0.15, -0.1) is 0 Å². The smallest absolute Gasteiger partial charge is 0.408 e. The van der Waals surface area contributed by atoms with Gasteiger partial charge in [-0.1, -0.05) is 12.1 Å². The van der Waals surface area contributed by atoms with E-state index in [1.807, 2.05) is 0 Å². The van der Waals surface area contributed by atoms with Crippen molar-refractivity contribution >= 4 is 12.1 Å². The molecule has 0 aromatic heterocycles. The molecule has 1 aromatic rings. The van der Waals surface area contributed by atoms with Crippen LogP contribution in [0.15, 0.2) is 24.3 Å². The molecule has 1 aromatic carbocycles. The maximum Gasteiger partial charge on any atom is 0.408 e. The maximum absolute atomic E-state index is 11.9. The molecule has 0 heterocycles. The topological polar surface area (TPSA) is 84.9 Å². The zero-order valence-corrected chi connectivity index (χ0v) is 13.6. The van der Waals surface area contributed by atoms with Crippen LogP contribution in [-0.2, 0) is 16.0 Å². The van der Waals surface area contributed by atoms with Crippen molar-refractivity contribution in [2.75, 3.05) is 7.11 Å². The van der Waals surface area contributed by atoms with Crippen molar-refractivity contribution in [1.29, 1.82) is 0 Å². The second-order valence-corrected chi connectivity index (χ2v) is 6.29. The third-order valence-electron chi connectivity index (χ3n) is 2.94. The summed E-state index contributed by atoms with van der Waals surface area (Å²) in [5.74, 6) is -0.510. The number of methoxy groups -OCH3 is 1. The Kier molecular flexibility index (Phi) is 5.41. The molecule has 0 saturated heterocycles. The van der Waals surface area contributed by atoms with Gasteiger partial charge in [-0.25, -0.2) is 9.59 Å². The summed E-state index contributed by atoms with van der Waals surface area (Å²) in [5.41, 5.74) is -1.44. The molecule has 0 unspecified atom stereocenters. The second kappa shape index (κ2) is 6.68. The molecule has 0 aliphatic carbocycles. The van der Waals surface area contributed by atoms with E-state index in [4.69, 9.17) is 9.47 Å². The van der Waals surface area contributed by atoms with Crippen LogP contribution in [0.1, 0.15) is 33.3 Å². The molecule has 0 saturated carbocycles. The van der Waals surface area contributed by atoms with Gasteiger partial charge in [0.05, 0.1) is 7.11 Å². The number of carboxylic acids is 1. The minimum absolute atomic E-state index is 0.110. The van der Waals surface area contributed by atoms with E-state index in [2.05, 4.69) is 5.32 Å². The molecular formula is C16H23NO5. The summed E-state index contributed by atoms with van der Waals surface area (Å²) in [6.07, 6.45) is -0.654. The number of nitrogens with one attached hydrogen (secondary N) is 1. The lowest BCUT2D eigenvalue weighted by Gasteiger charge is -2.28. The summed E-state index contributed by atoms with van der Waals surface area (Å²) in [6, 6.07) is 7.05. The molecule has 0 fully saturated rings. The lowest BCUT2D eigenvalue weighted by molar-refractivity contribution is -0.144. The van der Waals surface area contributed by atoms with Crippen molar-refractivity contribution in [3.8, 4) is 5.75 Å². The summed E-state index contributed by atoms with van der Waals surface area (Å²) in [4.78, 5) is 23.5. The van der Waals surface area contributed by atoms with Gasteiger partial charge < -0.3 is 19.9 Å². The molecule has 1 amide bonds. The number of aliphatic carboxylic acids is 1. The third kappa shape index (κ3) is 5.27. The predicted octanol–water partition coefficient (Wildman–Crippen LogP) is 2.61. The van der Waals surface area contributed by atoms with Gasteiger partial charge >= 0.3 is 12.1 Å². The number of hydrogen-bond donors (Lipinski definition) is 2. The summed E-state index contributed by atoms with van der Waals surface area (Å²) < 4.78 is 10.2. The highest BCUT2D eigenvalue weighted by molar-refractivity contribution is 5.84. The Hall–Kier alpha value is -2.24. The highest BCUT2D eigenvalue weighted by Crippen LogP contribution is 2.19. The lowest BCUT2D eigenvalue weighted by Crippen LogP contribution is -2.54. The predicted molar refractivity (Wildman–Crippen MR) is 82.1 cm³/mol. The van der Waals surface area contributed by atoms with E-state index in [9.17, 15) is 14.7 Å². The van der Waals surface area contributed by atoms with Crippen molar-refractivity contribution in [3.63, 3.8) is 0 Å². The van der Waals surface area contributed by atoms with Crippen LogP contribution < -0.4 is 10.1 Å². The molecule has 0 radical (unpaired) electrons. The zero-order chi connectivity index (χ0) is 17.0. The van der Waals surface area contributed by atoms with E-state index in [1.165, 1.54) is 14.0 Å². The van der Waals surface area contributed by atoms with Crippen LogP contribution in [0.5, 0.6) is 5.75 Å². The van der Waals surface area contributed by atoms with Gasteiger partial charge in [0.25, 0.3) is 0 Å². The van der Waals surface area contributed by atoms with Gasteiger partial charge in [0.1, 0.15) is 16.9 Å². The van der Waals surface area contributed by atoms with E-state index in [0.717, 1.165) is 5.56 Å². The van der Waals surface area contributed by atoms with Gasteiger partial charge in [0.15, 0.2) is 0 Å². The van der Waals surface area contributed by atoms with E-state index >= 15 is 0 Å². The largest absolute Gasteiger partial charge is 0.497 e. The zero-order valence-electron chi connectivity index (χ0n) is 13.6. The first kappa shape index (κ1) is 17.8. The van der Waals surface area contributed by atoms with Gasteiger partial charge in [-0.2, -0.15) is 0 Å². The number of alkyl carbamates (subject to hydrolysis) is 1. The van der Waals surface area contributed by atoms with Crippen molar-refractivity contribution in [1.82, 2.24) is 5.32 Å². The first-order valence-electron chi connectivity index (χ1n) is 6.93. The SMILES string of the molecule is COc1cccc(C[C@](C)(NC(=O)OC(C)(C)C)C(=O)O)c1. The van der Waals surface area contributed by atoms with Crippen LogP contribution in [0.25, 0.3) is 0 Å². The molecule has 2 N–H and O–H groups in total. The fraction of sp³-hybridized carbons (Fsp3) is 0.500. The van der Waals surface area contributed by atoms with Crippen LogP contribution in [0.2, 0.25) is 0 Å².